The second-order valence-electron chi connectivity index (χ2n) is 5.59. The number of urea groups is 2. The molecule has 0 saturated heterocycles. The Bertz CT molecular complexity index is 930. The van der Waals surface area contributed by atoms with Crippen LogP contribution in [0.1, 0.15) is 0 Å². The van der Waals surface area contributed by atoms with Crippen molar-refractivity contribution in [3.63, 3.8) is 0 Å². The van der Waals surface area contributed by atoms with Crippen molar-refractivity contribution in [3.8, 4) is 5.75 Å². The molecule has 0 aliphatic carbocycles. The number of nitrogens with one attached hydrogen (secondary N) is 4. The predicted molar refractivity (Wildman–Crippen MR) is 106 cm³/mol. The van der Waals surface area contributed by atoms with Gasteiger partial charge >= 0.3 is 12.1 Å². The molecular formula is C20H18N4O3. The number of amides is 4. The minimum atomic E-state index is -0.547. The average molecular weight is 362 g/mol. The molecule has 0 aliphatic heterocycles. The van der Waals surface area contributed by atoms with Crippen LogP contribution in [0.4, 0.5) is 32.3 Å². The van der Waals surface area contributed by atoms with E-state index in [2.05, 4.69) is 21.3 Å². The number of phenols is 1. The molecule has 0 aromatic heterocycles. The summed E-state index contributed by atoms with van der Waals surface area (Å²) in [7, 11) is 0. The third-order valence-corrected chi connectivity index (χ3v) is 3.59. The number of aromatic hydroxyl groups is 1. The van der Waals surface area contributed by atoms with E-state index in [0.717, 1.165) is 0 Å². The van der Waals surface area contributed by atoms with Crippen LogP contribution in [0.5, 0.6) is 5.75 Å². The molecule has 5 N–H and O–H groups in total. The van der Waals surface area contributed by atoms with Crippen LogP contribution in [-0.4, -0.2) is 17.2 Å². The molecule has 0 bridgehead atoms. The summed E-state index contributed by atoms with van der Waals surface area (Å²) in [5.41, 5.74) is 1.56. The Balaban J connectivity index is 1.70. The van der Waals surface area contributed by atoms with Crippen molar-refractivity contribution < 1.29 is 14.7 Å². The molecule has 0 unspecified atom stereocenters. The van der Waals surface area contributed by atoms with Gasteiger partial charge in [-0.25, -0.2) is 9.59 Å². The predicted octanol–water partition coefficient (Wildman–Crippen LogP) is 4.68. The first-order chi connectivity index (χ1) is 13.1. The van der Waals surface area contributed by atoms with Gasteiger partial charge in [-0.2, -0.15) is 0 Å². The van der Waals surface area contributed by atoms with E-state index in [9.17, 15) is 14.7 Å². The van der Waals surface area contributed by atoms with Crippen LogP contribution in [0, 0.1) is 0 Å². The van der Waals surface area contributed by atoms with Crippen molar-refractivity contribution in [3.05, 3.63) is 78.9 Å². The molecule has 0 aliphatic rings. The lowest BCUT2D eigenvalue weighted by Crippen LogP contribution is -2.23. The van der Waals surface area contributed by atoms with E-state index < -0.39 is 12.1 Å². The molecule has 27 heavy (non-hydrogen) atoms. The van der Waals surface area contributed by atoms with E-state index in [1.54, 1.807) is 60.7 Å². The van der Waals surface area contributed by atoms with E-state index in [4.69, 9.17) is 0 Å². The topological polar surface area (TPSA) is 102 Å². The van der Waals surface area contributed by atoms with Gasteiger partial charge in [-0.3, -0.25) is 0 Å². The standard InChI is InChI=1S/C20H18N4O3/c25-17-13-7-12-16(23-19(26)21-14-8-3-1-4-9-14)18(17)24-20(27)22-15-10-5-2-6-11-15/h1-13,25H,(H2,21,23,26)(H2,22,24,27). The third-order valence-electron chi connectivity index (χ3n) is 3.59. The molecule has 7 nitrogen and oxygen atoms in total. The van der Waals surface area contributed by atoms with Gasteiger partial charge in [0, 0.05) is 11.4 Å². The zero-order chi connectivity index (χ0) is 19.1. The number of benzene rings is 3. The van der Waals surface area contributed by atoms with Crippen molar-refractivity contribution in [1.82, 2.24) is 0 Å². The number of carbonyl (C=O) groups excluding carboxylic acids is 2. The fraction of sp³-hybridized carbons (Fsp3) is 0. The number of carbonyl (C=O) groups is 2. The summed E-state index contributed by atoms with van der Waals surface area (Å²) in [5, 5.41) is 20.6. The van der Waals surface area contributed by atoms with Crippen molar-refractivity contribution in [2.24, 2.45) is 0 Å². The lowest BCUT2D eigenvalue weighted by Gasteiger charge is -2.15. The van der Waals surface area contributed by atoms with Crippen molar-refractivity contribution in [1.29, 1.82) is 0 Å². The fourth-order valence-electron chi connectivity index (χ4n) is 2.38. The molecule has 0 saturated carbocycles. The quantitative estimate of drug-likeness (QED) is 0.435. The lowest BCUT2D eigenvalue weighted by molar-refractivity contribution is 0.261. The third kappa shape index (κ3) is 4.99. The van der Waals surface area contributed by atoms with Crippen LogP contribution < -0.4 is 21.3 Å². The zero-order valence-corrected chi connectivity index (χ0v) is 14.3. The van der Waals surface area contributed by atoms with Crippen LogP contribution >= 0.6 is 0 Å². The second kappa shape index (κ2) is 8.39. The van der Waals surface area contributed by atoms with Gasteiger partial charge in [0.15, 0.2) is 0 Å². The molecule has 3 aromatic carbocycles. The molecule has 0 heterocycles. The lowest BCUT2D eigenvalue weighted by atomic mass is 10.2. The summed E-state index contributed by atoms with van der Waals surface area (Å²) in [6.07, 6.45) is 0. The van der Waals surface area contributed by atoms with E-state index in [-0.39, 0.29) is 17.1 Å². The largest absolute Gasteiger partial charge is 0.506 e. The van der Waals surface area contributed by atoms with Crippen LogP contribution in [0.15, 0.2) is 78.9 Å². The van der Waals surface area contributed by atoms with Crippen LogP contribution in [0.25, 0.3) is 0 Å². The number of phenolic OH excluding ortho intramolecular Hbond substituents is 1. The van der Waals surface area contributed by atoms with Crippen molar-refractivity contribution >= 4 is 34.8 Å². The maximum absolute atomic E-state index is 12.2. The van der Waals surface area contributed by atoms with Gasteiger partial charge in [-0.15, -0.1) is 0 Å². The molecule has 3 aromatic rings. The van der Waals surface area contributed by atoms with Gasteiger partial charge in [-0.1, -0.05) is 42.5 Å². The first-order valence-electron chi connectivity index (χ1n) is 8.20. The van der Waals surface area contributed by atoms with Crippen molar-refractivity contribution in [2.45, 2.75) is 0 Å². The number of para-hydroxylation sites is 3. The highest BCUT2D eigenvalue weighted by Crippen LogP contribution is 2.31. The molecule has 0 atom stereocenters. The number of rotatable bonds is 4. The number of hydrogen-bond acceptors (Lipinski definition) is 3. The highest BCUT2D eigenvalue weighted by atomic mass is 16.3. The first kappa shape index (κ1) is 17.8. The minimum absolute atomic E-state index is 0.0918. The highest BCUT2D eigenvalue weighted by molar-refractivity contribution is 6.07. The van der Waals surface area contributed by atoms with Gasteiger partial charge in [-0.05, 0) is 36.4 Å². The van der Waals surface area contributed by atoms with E-state index >= 15 is 0 Å². The van der Waals surface area contributed by atoms with Gasteiger partial charge in [0.05, 0.1) is 5.69 Å². The van der Waals surface area contributed by atoms with Gasteiger partial charge < -0.3 is 26.4 Å². The summed E-state index contributed by atoms with van der Waals surface area (Å²) in [6, 6.07) is 21.3. The first-order valence-corrected chi connectivity index (χ1v) is 8.20. The second-order valence-corrected chi connectivity index (χ2v) is 5.59. The molecule has 4 amide bonds. The maximum atomic E-state index is 12.2. The monoisotopic (exact) mass is 362 g/mol. The maximum Gasteiger partial charge on any atom is 0.323 e. The smallest absolute Gasteiger partial charge is 0.323 e. The number of hydrogen-bond donors (Lipinski definition) is 5. The molecule has 0 spiro atoms. The van der Waals surface area contributed by atoms with E-state index in [1.807, 2.05) is 12.1 Å². The Labute approximate surface area is 156 Å². The van der Waals surface area contributed by atoms with Crippen LogP contribution in [-0.2, 0) is 0 Å². The summed E-state index contributed by atoms with van der Waals surface area (Å²) in [5.74, 6) is -0.171. The molecule has 7 heteroatoms. The van der Waals surface area contributed by atoms with Gasteiger partial charge in [0.2, 0.25) is 0 Å². The molecule has 0 fully saturated rings. The zero-order valence-electron chi connectivity index (χ0n) is 14.3. The van der Waals surface area contributed by atoms with Gasteiger partial charge in [0.25, 0.3) is 0 Å². The summed E-state index contributed by atoms with van der Waals surface area (Å²) >= 11 is 0. The average Bonchev–Trinajstić information content (AvgIpc) is 2.66. The molecule has 3 rings (SSSR count). The Morgan fingerprint density at radius 3 is 1.67 bits per heavy atom. The number of anilines is 4. The summed E-state index contributed by atoms with van der Waals surface area (Å²) in [4.78, 5) is 24.4. The Morgan fingerprint density at radius 2 is 1.11 bits per heavy atom. The van der Waals surface area contributed by atoms with E-state index in [0.29, 0.717) is 11.4 Å². The Morgan fingerprint density at radius 1 is 0.593 bits per heavy atom. The Kier molecular flexibility index (Phi) is 5.54. The van der Waals surface area contributed by atoms with Crippen LogP contribution in [0.3, 0.4) is 0 Å². The summed E-state index contributed by atoms with van der Waals surface area (Å²) < 4.78 is 0. The normalized spacial score (nSPS) is 9.93. The van der Waals surface area contributed by atoms with Crippen molar-refractivity contribution in [2.75, 3.05) is 21.3 Å². The molecular weight excluding hydrogens is 344 g/mol. The SMILES string of the molecule is O=C(Nc1ccccc1)Nc1cccc(O)c1NC(=O)Nc1ccccc1. The van der Waals surface area contributed by atoms with E-state index in [1.165, 1.54) is 6.07 Å². The minimum Gasteiger partial charge on any atom is -0.506 e. The molecule has 136 valence electrons. The van der Waals surface area contributed by atoms with Crippen LogP contribution in [0.2, 0.25) is 0 Å². The fourth-order valence-corrected chi connectivity index (χ4v) is 2.38. The molecule has 0 radical (unpaired) electrons. The van der Waals surface area contributed by atoms with Gasteiger partial charge in [0.1, 0.15) is 11.4 Å². The Hall–Kier alpha value is -4.00. The summed E-state index contributed by atoms with van der Waals surface area (Å²) in [6.45, 7) is 0. The highest BCUT2D eigenvalue weighted by Gasteiger charge is 2.14.